The normalized spacial score (nSPS) is 24.7. The van der Waals surface area contributed by atoms with Gasteiger partial charge < -0.3 is 4.74 Å². The van der Waals surface area contributed by atoms with Crippen molar-refractivity contribution in [1.82, 2.24) is 4.98 Å². The van der Waals surface area contributed by atoms with Gasteiger partial charge >= 0.3 is 0 Å². The fraction of sp³-hybridized carbons (Fsp3) is 0.250. The van der Waals surface area contributed by atoms with Gasteiger partial charge in [0.05, 0.1) is 0 Å². The molecule has 0 N–H and O–H groups in total. The highest BCUT2D eigenvalue weighted by atomic mass is 79.9. The molecule has 1 aliphatic heterocycles. The number of hydrogen-bond acceptors (Lipinski definition) is 3. The molecular formula is C8H4Br2N2O. The van der Waals surface area contributed by atoms with Crippen molar-refractivity contribution in [3.8, 4) is 11.8 Å². The highest BCUT2D eigenvalue weighted by molar-refractivity contribution is 9.12. The van der Waals surface area contributed by atoms with Gasteiger partial charge in [0.1, 0.15) is 28.0 Å². The van der Waals surface area contributed by atoms with Gasteiger partial charge in [0, 0.05) is 0 Å². The summed E-state index contributed by atoms with van der Waals surface area (Å²) in [7, 11) is 0. The smallest absolute Gasteiger partial charge is 0.171 e. The minimum atomic E-state index is -0.107. The summed E-state index contributed by atoms with van der Waals surface area (Å²) in [6, 6.07) is 5.39. The average molecular weight is 304 g/mol. The molecule has 0 spiro atoms. The maximum Gasteiger partial charge on any atom is 0.171 e. The molecule has 0 saturated heterocycles. The van der Waals surface area contributed by atoms with Crippen LogP contribution in [0.4, 0.5) is 0 Å². The van der Waals surface area contributed by atoms with Crippen LogP contribution >= 0.6 is 31.9 Å². The molecule has 0 aromatic carbocycles. The van der Waals surface area contributed by atoms with Crippen LogP contribution < -0.4 is 4.74 Å². The van der Waals surface area contributed by atoms with Crippen LogP contribution in [0.5, 0.6) is 5.75 Å². The van der Waals surface area contributed by atoms with Crippen molar-refractivity contribution in [3.05, 3.63) is 23.5 Å². The van der Waals surface area contributed by atoms with Gasteiger partial charge in [0.15, 0.2) is 5.01 Å². The number of pyridine rings is 1. The van der Waals surface area contributed by atoms with Crippen LogP contribution in [-0.2, 0) is 0 Å². The zero-order chi connectivity index (χ0) is 9.42. The summed E-state index contributed by atoms with van der Waals surface area (Å²) in [6.45, 7) is 0. The first-order chi connectivity index (χ1) is 6.22. The summed E-state index contributed by atoms with van der Waals surface area (Å²) < 4.78 is 5.42. The highest BCUT2D eigenvalue weighted by Crippen LogP contribution is 2.42. The van der Waals surface area contributed by atoms with E-state index in [1.54, 1.807) is 12.1 Å². The van der Waals surface area contributed by atoms with Crippen molar-refractivity contribution in [2.75, 3.05) is 0 Å². The van der Waals surface area contributed by atoms with Gasteiger partial charge in [-0.1, -0.05) is 15.9 Å². The number of aromatic nitrogens is 1. The largest absolute Gasteiger partial charge is 0.476 e. The summed E-state index contributed by atoms with van der Waals surface area (Å²) in [6.07, 6.45) is 0. The molecule has 1 aromatic rings. The first-order valence-electron chi connectivity index (χ1n) is 3.58. The molecule has 0 fully saturated rings. The number of nitrogens with zero attached hydrogens (tertiary/aromatic N) is 2. The second kappa shape index (κ2) is 3.28. The van der Waals surface area contributed by atoms with E-state index in [2.05, 4.69) is 36.8 Å². The number of hydrogen-bond donors (Lipinski definition) is 0. The van der Waals surface area contributed by atoms with E-state index in [0.29, 0.717) is 5.69 Å². The van der Waals surface area contributed by atoms with Crippen LogP contribution in [0.2, 0.25) is 0 Å². The van der Waals surface area contributed by atoms with Crippen molar-refractivity contribution in [3.63, 3.8) is 0 Å². The molecule has 1 aromatic heterocycles. The second-order valence-corrected chi connectivity index (χ2v) is 4.45. The molecule has 0 bridgehead atoms. The van der Waals surface area contributed by atoms with E-state index in [1.807, 2.05) is 6.07 Å². The predicted molar refractivity (Wildman–Crippen MR) is 54.0 cm³/mol. The monoisotopic (exact) mass is 302 g/mol. The van der Waals surface area contributed by atoms with Gasteiger partial charge in [-0.15, -0.1) is 0 Å². The molecule has 2 atom stereocenters. The molecule has 0 amide bonds. The van der Waals surface area contributed by atoms with Crippen molar-refractivity contribution in [1.29, 1.82) is 5.26 Å². The van der Waals surface area contributed by atoms with Gasteiger partial charge in [-0.2, -0.15) is 5.26 Å². The summed E-state index contributed by atoms with van der Waals surface area (Å²) >= 11 is 6.76. The third-order valence-electron chi connectivity index (χ3n) is 1.73. The van der Waals surface area contributed by atoms with Crippen molar-refractivity contribution >= 4 is 31.9 Å². The van der Waals surface area contributed by atoms with E-state index in [9.17, 15) is 0 Å². The summed E-state index contributed by atoms with van der Waals surface area (Å²) in [5, 5.41) is 8.53. The van der Waals surface area contributed by atoms with E-state index < -0.39 is 0 Å². The zero-order valence-electron chi connectivity index (χ0n) is 6.37. The number of rotatable bonds is 0. The fourth-order valence-corrected chi connectivity index (χ4v) is 2.01. The van der Waals surface area contributed by atoms with Crippen LogP contribution in [0, 0.1) is 11.3 Å². The summed E-state index contributed by atoms with van der Waals surface area (Å²) in [5.74, 6) is 0.725. The molecule has 0 unspecified atom stereocenters. The quantitative estimate of drug-likeness (QED) is 0.692. The Morgan fingerprint density at radius 3 is 2.92 bits per heavy atom. The van der Waals surface area contributed by atoms with Gasteiger partial charge in [-0.25, -0.2) is 4.98 Å². The molecule has 0 aliphatic carbocycles. The maximum atomic E-state index is 8.64. The molecular weight excluding hydrogens is 300 g/mol. The third-order valence-corrected chi connectivity index (χ3v) is 4.07. The molecule has 13 heavy (non-hydrogen) atoms. The number of ether oxygens (including phenoxy) is 1. The lowest BCUT2D eigenvalue weighted by atomic mass is 10.2. The molecule has 2 rings (SSSR count). The Morgan fingerprint density at radius 1 is 1.46 bits per heavy atom. The highest BCUT2D eigenvalue weighted by Gasteiger charge is 2.32. The molecule has 2 heterocycles. The molecule has 0 saturated carbocycles. The van der Waals surface area contributed by atoms with Crippen LogP contribution in [0.3, 0.4) is 0 Å². The lowest BCUT2D eigenvalue weighted by Crippen LogP contribution is -2.04. The topological polar surface area (TPSA) is 45.9 Å². The first-order valence-corrected chi connectivity index (χ1v) is 5.41. The number of alkyl halides is 2. The van der Waals surface area contributed by atoms with Crippen molar-refractivity contribution in [2.24, 2.45) is 0 Å². The Hall–Kier alpha value is -0.600. The van der Waals surface area contributed by atoms with Gasteiger partial charge in [-0.05, 0) is 28.1 Å². The van der Waals surface area contributed by atoms with Gasteiger partial charge in [0.25, 0.3) is 0 Å². The van der Waals surface area contributed by atoms with Gasteiger partial charge in [0.2, 0.25) is 0 Å². The van der Waals surface area contributed by atoms with Crippen molar-refractivity contribution < 1.29 is 4.74 Å². The summed E-state index contributed by atoms with van der Waals surface area (Å²) in [5.41, 5.74) is 1.19. The number of nitriles is 1. The predicted octanol–water partition coefficient (Wildman–Crippen LogP) is 2.50. The Labute approximate surface area is 92.0 Å². The van der Waals surface area contributed by atoms with Gasteiger partial charge in [-0.3, -0.25) is 0 Å². The standard InChI is InChI=1S/C8H4Br2N2O/c9-6-7-5(13-8(6)10)2-1-4(3-11)12-7/h1-2,6,8H/t6-,8-/m1/s1. The Bertz CT molecular complexity index is 388. The lowest BCUT2D eigenvalue weighted by Gasteiger charge is -2.02. The minimum absolute atomic E-state index is 0.01000. The molecule has 0 radical (unpaired) electrons. The van der Waals surface area contributed by atoms with Crippen molar-refractivity contribution in [2.45, 2.75) is 9.84 Å². The van der Waals surface area contributed by atoms with E-state index in [-0.39, 0.29) is 9.84 Å². The molecule has 3 nitrogen and oxygen atoms in total. The first kappa shape index (κ1) is 8.97. The average Bonchev–Trinajstić information content (AvgIpc) is 2.43. The van der Waals surface area contributed by atoms with E-state index in [4.69, 9.17) is 10.00 Å². The second-order valence-electron chi connectivity index (χ2n) is 2.56. The molecule has 5 heteroatoms. The van der Waals surface area contributed by atoms with Crippen LogP contribution in [0.15, 0.2) is 12.1 Å². The number of fused-ring (bicyclic) bond motifs is 1. The Balaban J connectivity index is 2.49. The minimum Gasteiger partial charge on any atom is -0.476 e. The maximum absolute atomic E-state index is 8.64. The Morgan fingerprint density at radius 2 is 2.23 bits per heavy atom. The van der Waals surface area contributed by atoms with Crippen LogP contribution in [-0.4, -0.2) is 10.00 Å². The fourth-order valence-electron chi connectivity index (χ4n) is 1.13. The summed E-state index contributed by atoms with van der Waals surface area (Å²) in [4.78, 5) is 4.15. The van der Waals surface area contributed by atoms with E-state index >= 15 is 0 Å². The van der Waals surface area contributed by atoms with Crippen LogP contribution in [0.1, 0.15) is 16.2 Å². The molecule has 1 aliphatic rings. The SMILES string of the molecule is N#Cc1ccc2c(n1)[C@@H](Br)[C@H](Br)O2. The zero-order valence-corrected chi connectivity index (χ0v) is 9.54. The Kier molecular flexibility index (Phi) is 2.26. The van der Waals surface area contributed by atoms with E-state index in [1.165, 1.54) is 0 Å². The molecule has 66 valence electrons. The number of halogens is 2. The lowest BCUT2D eigenvalue weighted by molar-refractivity contribution is 0.328. The van der Waals surface area contributed by atoms with Crippen LogP contribution in [0.25, 0.3) is 0 Å². The third kappa shape index (κ3) is 1.45. The van der Waals surface area contributed by atoms with E-state index in [0.717, 1.165) is 11.4 Å².